The molecule has 8 heteroatoms. The number of amides is 2. The van der Waals surface area contributed by atoms with Crippen molar-refractivity contribution in [3.63, 3.8) is 0 Å². The zero-order valence-corrected chi connectivity index (χ0v) is 18.2. The first-order valence-electron chi connectivity index (χ1n) is 10.5. The van der Waals surface area contributed by atoms with E-state index in [1.807, 2.05) is 30.3 Å². The fraction of sp³-hybridized carbons (Fsp3) is 0.391. The van der Waals surface area contributed by atoms with Gasteiger partial charge in [0.15, 0.2) is 0 Å². The summed E-state index contributed by atoms with van der Waals surface area (Å²) in [6.07, 6.45) is 3.42. The molecule has 2 amide bonds. The standard InChI is InChI=1S/C23H26N2O5S/c1-30-20-12-11-17(15-25-22(26)18-9-5-6-10-19(18)23(25)27)13-21(20)31(28,29)24-14-16-7-3-2-4-8-16/h2-4,7-8,11-13,18-19,24H,5-6,9-10,14-15H2,1H3/t18-,19-/m1/s1. The van der Waals surface area contributed by atoms with Crippen molar-refractivity contribution in [1.29, 1.82) is 0 Å². The predicted octanol–water partition coefficient (Wildman–Crippen LogP) is 2.85. The van der Waals surface area contributed by atoms with Gasteiger partial charge in [0.25, 0.3) is 0 Å². The molecule has 1 saturated carbocycles. The number of carbonyl (C=O) groups is 2. The normalized spacial score (nSPS) is 21.3. The van der Waals surface area contributed by atoms with E-state index in [1.54, 1.807) is 12.1 Å². The third-order valence-corrected chi connectivity index (χ3v) is 7.52. The molecule has 2 aliphatic rings. The van der Waals surface area contributed by atoms with Crippen molar-refractivity contribution < 1.29 is 22.7 Å². The van der Waals surface area contributed by atoms with E-state index < -0.39 is 10.0 Å². The summed E-state index contributed by atoms with van der Waals surface area (Å²) in [6, 6.07) is 13.9. The molecule has 1 aliphatic carbocycles. The second kappa shape index (κ2) is 8.80. The maximum atomic E-state index is 13.0. The third-order valence-electron chi connectivity index (χ3n) is 6.10. The summed E-state index contributed by atoms with van der Waals surface area (Å²) in [5.41, 5.74) is 1.40. The summed E-state index contributed by atoms with van der Waals surface area (Å²) in [5, 5.41) is 0. The van der Waals surface area contributed by atoms with Gasteiger partial charge in [-0.25, -0.2) is 13.1 Å². The lowest BCUT2D eigenvalue weighted by molar-refractivity contribution is -0.140. The molecule has 1 saturated heterocycles. The van der Waals surface area contributed by atoms with Crippen LogP contribution in [0.1, 0.15) is 36.8 Å². The van der Waals surface area contributed by atoms with Crippen molar-refractivity contribution in [1.82, 2.24) is 9.62 Å². The number of hydrogen-bond acceptors (Lipinski definition) is 5. The van der Waals surface area contributed by atoms with Gasteiger partial charge in [-0.2, -0.15) is 0 Å². The van der Waals surface area contributed by atoms with Crippen LogP contribution in [-0.2, 0) is 32.7 Å². The number of likely N-dealkylation sites (tertiary alicyclic amines) is 1. The van der Waals surface area contributed by atoms with E-state index in [1.165, 1.54) is 18.1 Å². The van der Waals surface area contributed by atoms with Crippen molar-refractivity contribution in [3.05, 3.63) is 59.7 Å². The minimum atomic E-state index is -3.87. The first-order chi connectivity index (χ1) is 14.9. The molecule has 2 aromatic rings. The Morgan fingerprint density at radius 1 is 0.968 bits per heavy atom. The highest BCUT2D eigenvalue weighted by Gasteiger charge is 2.47. The minimum absolute atomic E-state index is 0.0139. The lowest BCUT2D eigenvalue weighted by Crippen LogP contribution is -2.30. The Bertz CT molecular complexity index is 1060. The number of sulfonamides is 1. The molecular formula is C23H26N2O5S. The number of benzene rings is 2. The molecule has 0 aromatic heterocycles. The van der Waals surface area contributed by atoms with E-state index in [9.17, 15) is 18.0 Å². The summed E-state index contributed by atoms with van der Waals surface area (Å²) >= 11 is 0. The van der Waals surface area contributed by atoms with Crippen LogP contribution in [0.2, 0.25) is 0 Å². The fourth-order valence-electron chi connectivity index (χ4n) is 4.45. The van der Waals surface area contributed by atoms with Gasteiger partial charge in [-0.3, -0.25) is 14.5 Å². The molecule has 0 spiro atoms. The Hall–Kier alpha value is -2.71. The van der Waals surface area contributed by atoms with Crippen LogP contribution in [0.25, 0.3) is 0 Å². The number of ether oxygens (including phenoxy) is 1. The Morgan fingerprint density at radius 3 is 2.23 bits per heavy atom. The zero-order chi connectivity index (χ0) is 22.0. The summed E-state index contributed by atoms with van der Waals surface area (Å²) in [7, 11) is -2.46. The van der Waals surface area contributed by atoms with Crippen LogP contribution in [0.4, 0.5) is 0 Å². The van der Waals surface area contributed by atoms with Crippen LogP contribution in [0, 0.1) is 11.8 Å². The number of rotatable bonds is 7. The third kappa shape index (κ3) is 4.36. The molecule has 2 fully saturated rings. The molecule has 2 atom stereocenters. The topological polar surface area (TPSA) is 92.8 Å². The van der Waals surface area contributed by atoms with Crippen LogP contribution < -0.4 is 9.46 Å². The van der Waals surface area contributed by atoms with E-state index >= 15 is 0 Å². The average molecular weight is 443 g/mol. The van der Waals surface area contributed by atoms with Gasteiger partial charge in [0, 0.05) is 6.54 Å². The second-order valence-electron chi connectivity index (χ2n) is 8.06. The molecule has 0 bridgehead atoms. The van der Waals surface area contributed by atoms with Gasteiger partial charge in [-0.15, -0.1) is 0 Å². The first-order valence-corrected chi connectivity index (χ1v) is 11.9. The van der Waals surface area contributed by atoms with Crippen LogP contribution in [0.15, 0.2) is 53.4 Å². The van der Waals surface area contributed by atoms with Gasteiger partial charge in [-0.05, 0) is 36.1 Å². The van der Waals surface area contributed by atoms with Crippen LogP contribution in [-0.4, -0.2) is 32.2 Å². The monoisotopic (exact) mass is 442 g/mol. The summed E-state index contributed by atoms with van der Waals surface area (Å²) < 4.78 is 33.8. The van der Waals surface area contributed by atoms with Crippen LogP contribution in [0.3, 0.4) is 0 Å². The fourth-order valence-corrected chi connectivity index (χ4v) is 5.69. The highest BCUT2D eigenvalue weighted by Crippen LogP contribution is 2.39. The average Bonchev–Trinajstić information content (AvgIpc) is 3.03. The molecule has 1 heterocycles. The number of carbonyl (C=O) groups excluding carboxylic acids is 2. The highest BCUT2D eigenvalue weighted by atomic mass is 32.2. The minimum Gasteiger partial charge on any atom is -0.495 e. The molecule has 7 nitrogen and oxygen atoms in total. The van der Waals surface area contributed by atoms with Crippen molar-refractivity contribution in [3.8, 4) is 5.75 Å². The lowest BCUT2D eigenvalue weighted by Gasteiger charge is -2.19. The number of nitrogens with zero attached hydrogens (tertiary/aromatic N) is 1. The van der Waals surface area contributed by atoms with Crippen LogP contribution >= 0.6 is 0 Å². The van der Waals surface area contributed by atoms with Gasteiger partial charge in [0.1, 0.15) is 10.6 Å². The van der Waals surface area contributed by atoms with Gasteiger partial charge < -0.3 is 4.74 Å². The summed E-state index contributed by atoms with van der Waals surface area (Å²) in [6.45, 7) is 0.207. The first kappa shape index (κ1) is 21.5. The Morgan fingerprint density at radius 2 is 1.61 bits per heavy atom. The maximum Gasteiger partial charge on any atom is 0.244 e. The molecule has 164 valence electrons. The van der Waals surface area contributed by atoms with Crippen molar-refractivity contribution in [2.45, 2.75) is 43.7 Å². The van der Waals surface area contributed by atoms with Crippen molar-refractivity contribution in [2.75, 3.05) is 7.11 Å². The second-order valence-corrected chi connectivity index (χ2v) is 9.79. The molecule has 0 radical (unpaired) electrons. The molecule has 1 N–H and O–H groups in total. The molecule has 31 heavy (non-hydrogen) atoms. The van der Waals surface area contributed by atoms with Gasteiger partial charge in [0.2, 0.25) is 21.8 Å². The molecule has 0 unspecified atom stereocenters. The van der Waals surface area contributed by atoms with E-state index in [0.717, 1.165) is 31.2 Å². The van der Waals surface area contributed by atoms with Gasteiger partial charge in [-0.1, -0.05) is 49.2 Å². The van der Waals surface area contributed by atoms with E-state index in [-0.39, 0.29) is 47.4 Å². The number of imide groups is 1. The SMILES string of the molecule is COc1ccc(CN2C(=O)[C@@H]3CCCC[C@H]3C2=O)cc1S(=O)(=O)NCc1ccccc1. The Kier molecular flexibility index (Phi) is 6.11. The quantitative estimate of drug-likeness (QED) is 0.666. The predicted molar refractivity (Wildman–Crippen MR) is 114 cm³/mol. The number of methoxy groups -OCH3 is 1. The van der Waals surface area contributed by atoms with E-state index in [4.69, 9.17) is 4.74 Å². The maximum absolute atomic E-state index is 13.0. The number of fused-ring (bicyclic) bond motifs is 1. The van der Waals surface area contributed by atoms with E-state index in [2.05, 4.69) is 4.72 Å². The molecule has 1 aliphatic heterocycles. The molecular weight excluding hydrogens is 416 g/mol. The van der Waals surface area contributed by atoms with Gasteiger partial charge >= 0.3 is 0 Å². The zero-order valence-electron chi connectivity index (χ0n) is 17.4. The van der Waals surface area contributed by atoms with Crippen molar-refractivity contribution >= 4 is 21.8 Å². The lowest BCUT2D eigenvalue weighted by atomic mass is 9.81. The summed E-state index contributed by atoms with van der Waals surface area (Å²) in [5.74, 6) is -0.531. The highest BCUT2D eigenvalue weighted by molar-refractivity contribution is 7.89. The largest absolute Gasteiger partial charge is 0.495 e. The Labute approximate surface area is 182 Å². The molecule has 4 rings (SSSR count). The number of nitrogens with one attached hydrogen (secondary N) is 1. The Balaban J connectivity index is 1.56. The summed E-state index contributed by atoms with van der Waals surface area (Å²) in [4.78, 5) is 26.8. The molecule has 2 aromatic carbocycles. The van der Waals surface area contributed by atoms with E-state index in [0.29, 0.717) is 5.56 Å². The van der Waals surface area contributed by atoms with Crippen molar-refractivity contribution in [2.24, 2.45) is 11.8 Å². The van der Waals surface area contributed by atoms with Gasteiger partial charge in [0.05, 0.1) is 25.5 Å². The van der Waals surface area contributed by atoms with Crippen LogP contribution in [0.5, 0.6) is 5.75 Å². The number of hydrogen-bond donors (Lipinski definition) is 1. The smallest absolute Gasteiger partial charge is 0.244 e.